The minimum atomic E-state index is -0.506. The highest BCUT2D eigenvalue weighted by Gasteiger charge is 2.29. The molecule has 0 spiro atoms. The molecule has 1 aromatic rings. The third-order valence-corrected chi connectivity index (χ3v) is 3.58. The summed E-state index contributed by atoms with van der Waals surface area (Å²) in [5, 5.41) is 15.1. The zero-order valence-electron chi connectivity index (χ0n) is 13.4. The van der Waals surface area contributed by atoms with Gasteiger partial charge in [-0.1, -0.05) is 0 Å². The van der Waals surface area contributed by atoms with Crippen LogP contribution in [0.25, 0.3) is 0 Å². The molecule has 1 aromatic heterocycles. The molecule has 1 fully saturated rings. The number of carbonyl (C=O) groups is 1. The minimum absolute atomic E-state index is 0.0366. The van der Waals surface area contributed by atoms with E-state index in [4.69, 9.17) is 4.74 Å². The number of hydrogen-bond acceptors (Lipinski definition) is 5. The van der Waals surface area contributed by atoms with Crippen LogP contribution in [-0.2, 0) is 4.74 Å². The van der Waals surface area contributed by atoms with Crippen molar-refractivity contribution in [2.75, 3.05) is 13.1 Å². The first kappa shape index (κ1) is 16.3. The Morgan fingerprint density at radius 2 is 2.00 bits per heavy atom. The molecule has 2 heterocycles. The lowest BCUT2D eigenvalue weighted by molar-refractivity contribution is -0.385. The molecule has 0 bridgehead atoms. The van der Waals surface area contributed by atoms with Crippen molar-refractivity contribution in [3.05, 3.63) is 22.0 Å². The first-order chi connectivity index (χ1) is 10.2. The smallest absolute Gasteiger partial charge is 0.410 e. The Hall–Kier alpha value is -2.12. The van der Waals surface area contributed by atoms with Crippen molar-refractivity contribution in [2.45, 2.75) is 52.2 Å². The van der Waals surface area contributed by atoms with Crippen molar-refractivity contribution in [2.24, 2.45) is 0 Å². The lowest BCUT2D eigenvalue weighted by Gasteiger charge is -2.33. The first-order valence-corrected chi connectivity index (χ1v) is 7.35. The van der Waals surface area contributed by atoms with Crippen LogP contribution in [-0.4, -0.2) is 44.4 Å². The summed E-state index contributed by atoms with van der Waals surface area (Å²) in [6.45, 7) is 8.26. The van der Waals surface area contributed by atoms with Gasteiger partial charge in [-0.05, 0) is 40.5 Å². The molecule has 0 N–H and O–H groups in total. The number of likely N-dealkylation sites (tertiary alicyclic amines) is 1. The average Bonchev–Trinajstić information content (AvgIpc) is 2.79. The largest absolute Gasteiger partial charge is 0.444 e. The van der Waals surface area contributed by atoms with Gasteiger partial charge in [0.2, 0.25) is 0 Å². The van der Waals surface area contributed by atoms with Gasteiger partial charge in [0, 0.05) is 13.1 Å². The normalized spacial score (nSPS) is 16.6. The van der Waals surface area contributed by atoms with E-state index in [1.165, 1.54) is 6.20 Å². The first-order valence-electron chi connectivity index (χ1n) is 7.35. The van der Waals surface area contributed by atoms with E-state index in [-0.39, 0.29) is 17.8 Å². The van der Waals surface area contributed by atoms with Crippen LogP contribution in [0.3, 0.4) is 0 Å². The SMILES string of the molecule is Cc1nn(C2CCN(C(=O)OC(C)(C)C)CC2)cc1[N+](=O)[O-]. The number of piperidine rings is 1. The second kappa shape index (κ2) is 5.94. The number of rotatable bonds is 2. The molecule has 1 amide bonds. The van der Waals surface area contributed by atoms with Gasteiger partial charge in [0.15, 0.2) is 0 Å². The summed E-state index contributed by atoms with van der Waals surface area (Å²) in [6.07, 6.45) is 2.58. The monoisotopic (exact) mass is 310 g/mol. The van der Waals surface area contributed by atoms with Crippen molar-refractivity contribution in [3.8, 4) is 0 Å². The van der Waals surface area contributed by atoms with E-state index in [2.05, 4.69) is 5.10 Å². The highest BCUT2D eigenvalue weighted by Crippen LogP contribution is 2.26. The maximum atomic E-state index is 12.0. The quantitative estimate of drug-likeness (QED) is 0.618. The second-order valence-corrected chi connectivity index (χ2v) is 6.54. The molecule has 1 aliphatic rings. The minimum Gasteiger partial charge on any atom is -0.444 e. The number of hydrogen-bond donors (Lipinski definition) is 0. The summed E-state index contributed by atoms with van der Waals surface area (Å²) in [5.74, 6) is 0. The number of carbonyl (C=O) groups excluding carboxylic acids is 1. The molecule has 2 rings (SSSR count). The lowest BCUT2D eigenvalue weighted by Crippen LogP contribution is -2.42. The second-order valence-electron chi connectivity index (χ2n) is 6.54. The van der Waals surface area contributed by atoms with Gasteiger partial charge in [-0.3, -0.25) is 14.8 Å². The van der Waals surface area contributed by atoms with Gasteiger partial charge in [0.25, 0.3) is 0 Å². The summed E-state index contributed by atoms with van der Waals surface area (Å²) < 4.78 is 7.00. The molecule has 0 aromatic carbocycles. The summed E-state index contributed by atoms with van der Waals surface area (Å²) >= 11 is 0. The van der Waals surface area contributed by atoms with E-state index in [0.717, 1.165) is 0 Å². The Morgan fingerprint density at radius 1 is 1.41 bits per heavy atom. The third kappa shape index (κ3) is 3.75. The maximum Gasteiger partial charge on any atom is 0.410 e. The molecule has 0 unspecified atom stereocenters. The Morgan fingerprint density at radius 3 is 2.45 bits per heavy atom. The number of nitrogens with zero attached hydrogens (tertiary/aromatic N) is 4. The summed E-state index contributed by atoms with van der Waals surface area (Å²) in [6, 6.07) is 0.0751. The van der Waals surface area contributed by atoms with E-state index in [1.54, 1.807) is 16.5 Å². The van der Waals surface area contributed by atoms with Gasteiger partial charge in [-0.15, -0.1) is 0 Å². The standard InChI is InChI=1S/C14H22N4O4/c1-10-12(18(20)21)9-17(15-10)11-5-7-16(8-6-11)13(19)22-14(2,3)4/h9,11H,5-8H2,1-4H3. The van der Waals surface area contributed by atoms with Crippen LogP contribution in [0.1, 0.15) is 45.3 Å². The predicted molar refractivity (Wildman–Crippen MR) is 79.7 cm³/mol. The highest BCUT2D eigenvalue weighted by atomic mass is 16.6. The van der Waals surface area contributed by atoms with Crippen molar-refractivity contribution < 1.29 is 14.5 Å². The van der Waals surface area contributed by atoms with Crippen molar-refractivity contribution in [3.63, 3.8) is 0 Å². The lowest BCUT2D eigenvalue weighted by atomic mass is 10.1. The summed E-state index contributed by atoms with van der Waals surface area (Å²) in [7, 11) is 0. The predicted octanol–water partition coefficient (Wildman–Crippen LogP) is 2.67. The molecular weight excluding hydrogens is 288 g/mol. The van der Waals surface area contributed by atoms with Crippen LogP contribution < -0.4 is 0 Å². The van der Waals surface area contributed by atoms with E-state index >= 15 is 0 Å². The molecule has 1 aliphatic heterocycles. The number of nitro groups is 1. The number of aromatic nitrogens is 2. The topological polar surface area (TPSA) is 90.5 Å². The summed E-state index contributed by atoms with van der Waals surface area (Å²) in [4.78, 5) is 24.1. The van der Waals surface area contributed by atoms with Gasteiger partial charge in [-0.25, -0.2) is 4.79 Å². The average molecular weight is 310 g/mol. The summed E-state index contributed by atoms with van der Waals surface area (Å²) in [5.41, 5.74) is -0.0534. The van der Waals surface area contributed by atoms with Crippen molar-refractivity contribution >= 4 is 11.8 Å². The van der Waals surface area contributed by atoms with Gasteiger partial charge in [-0.2, -0.15) is 5.10 Å². The molecule has 0 atom stereocenters. The van der Waals surface area contributed by atoms with Crippen LogP contribution in [0.5, 0.6) is 0 Å². The molecule has 122 valence electrons. The molecular formula is C14H22N4O4. The van der Waals surface area contributed by atoms with E-state index < -0.39 is 10.5 Å². The zero-order chi connectivity index (χ0) is 16.5. The van der Waals surface area contributed by atoms with E-state index in [1.807, 2.05) is 20.8 Å². The van der Waals surface area contributed by atoms with Gasteiger partial charge in [0.05, 0.1) is 11.0 Å². The van der Waals surface area contributed by atoms with E-state index in [9.17, 15) is 14.9 Å². The Kier molecular flexibility index (Phi) is 4.39. The van der Waals surface area contributed by atoms with Gasteiger partial charge >= 0.3 is 11.8 Å². The molecule has 22 heavy (non-hydrogen) atoms. The zero-order valence-corrected chi connectivity index (χ0v) is 13.4. The van der Waals surface area contributed by atoms with Crippen LogP contribution in [0, 0.1) is 17.0 Å². The van der Waals surface area contributed by atoms with Crippen LogP contribution >= 0.6 is 0 Å². The molecule has 1 saturated heterocycles. The molecule has 8 heteroatoms. The molecule has 8 nitrogen and oxygen atoms in total. The van der Waals surface area contributed by atoms with Crippen LogP contribution in [0.15, 0.2) is 6.20 Å². The number of ether oxygens (including phenoxy) is 1. The Balaban J connectivity index is 1.96. The fraction of sp³-hybridized carbons (Fsp3) is 0.714. The molecule has 0 saturated carbocycles. The van der Waals surface area contributed by atoms with Crippen LogP contribution in [0.4, 0.5) is 10.5 Å². The highest BCUT2D eigenvalue weighted by molar-refractivity contribution is 5.68. The number of amides is 1. The van der Waals surface area contributed by atoms with Gasteiger partial charge < -0.3 is 9.64 Å². The van der Waals surface area contributed by atoms with Crippen molar-refractivity contribution in [1.29, 1.82) is 0 Å². The van der Waals surface area contributed by atoms with Gasteiger partial charge in [0.1, 0.15) is 17.5 Å². The Labute approximate surface area is 129 Å². The fourth-order valence-electron chi connectivity index (χ4n) is 2.48. The molecule has 0 aliphatic carbocycles. The maximum absolute atomic E-state index is 12.0. The van der Waals surface area contributed by atoms with E-state index in [0.29, 0.717) is 31.6 Å². The molecule has 0 radical (unpaired) electrons. The fourth-order valence-corrected chi connectivity index (χ4v) is 2.48. The Bertz CT molecular complexity index is 568. The third-order valence-electron chi connectivity index (χ3n) is 3.58. The van der Waals surface area contributed by atoms with Crippen molar-refractivity contribution in [1.82, 2.24) is 14.7 Å². The number of aryl methyl sites for hydroxylation is 1. The van der Waals surface area contributed by atoms with Crippen LogP contribution in [0.2, 0.25) is 0 Å².